The Balaban J connectivity index is 2.56. The third kappa shape index (κ3) is 3.67. The molecule has 1 rings (SSSR count). The summed E-state index contributed by atoms with van der Waals surface area (Å²) in [4.78, 5) is 0. The molecule has 1 aliphatic rings. The lowest BCUT2D eigenvalue weighted by Crippen LogP contribution is -2.52. The average molecular weight is 242 g/mol. The maximum atomic E-state index is 6.00. The predicted octanol–water partition coefficient (Wildman–Crippen LogP) is 2.30. The molecule has 0 aromatic carbocycles. The summed E-state index contributed by atoms with van der Waals surface area (Å²) in [6.07, 6.45) is 5.78. The lowest BCUT2D eigenvalue weighted by molar-refractivity contribution is 0.0145. The Labute approximate surface area is 106 Å². The standard InChI is InChI=1S/C14H30N2O/c1-4-14(5-2,6-3)16-12-13(11-15)7-9-17-10-8-13/h16H,4-12,15H2,1-3H3. The summed E-state index contributed by atoms with van der Waals surface area (Å²) in [7, 11) is 0. The van der Waals surface area contributed by atoms with Crippen LogP contribution in [0.3, 0.4) is 0 Å². The molecular weight excluding hydrogens is 212 g/mol. The monoisotopic (exact) mass is 242 g/mol. The minimum Gasteiger partial charge on any atom is -0.381 e. The van der Waals surface area contributed by atoms with Crippen molar-refractivity contribution in [2.45, 2.75) is 58.4 Å². The van der Waals surface area contributed by atoms with E-state index in [2.05, 4.69) is 26.1 Å². The highest BCUT2D eigenvalue weighted by atomic mass is 16.5. The van der Waals surface area contributed by atoms with Gasteiger partial charge in [-0.15, -0.1) is 0 Å². The van der Waals surface area contributed by atoms with Crippen LogP contribution in [-0.2, 0) is 4.74 Å². The maximum Gasteiger partial charge on any atom is 0.0472 e. The Hall–Kier alpha value is -0.120. The number of nitrogens with one attached hydrogen (secondary N) is 1. The average Bonchev–Trinajstić information content (AvgIpc) is 2.42. The van der Waals surface area contributed by atoms with Crippen molar-refractivity contribution in [2.75, 3.05) is 26.3 Å². The molecule has 0 saturated carbocycles. The molecule has 102 valence electrons. The van der Waals surface area contributed by atoms with Crippen LogP contribution >= 0.6 is 0 Å². The van der Waals surface area contributed by atoms with Gasteiger partial charge in [0.2, 0.25) is 0 Å². The second-order valence-electron chi connectivity index (χ2n) is 5.51. The fourth-order valence-corrected chi connectivity index (χ4v) is 2.76. The van der Waals surface area contributed by atoms with Gasteiger partial charge >= 0.3 is 0 Å². The SMILES string of the molecule is CCC(CC)(CC)NCC1(CN)CCOCC1. The minimum atomic E-state index is 0.267. The highest BCUT2D eigenvalue weighted by Gasteiger charge is 2.34. The Bertz CT molecular complexity index is 200. The zero-order chi connectivity index (χ0) is 12.8. The van der Waals surface area contributed by atoms with E-state index >= 15 is 0 Å². The molecule has 17 heavy (non-hydrogen) atoms. The van der Waals surface area contributed by atoms with Crippen LogP contribution in [-0.4, -0.2) is 31.8 Å². The summed E-state index contributed by atoms with van der Waals surface area (Å²) in [5.74, 6) is 0. The number of hydrogen-bond donors (Lipinski definition) is 2. The molecule has 0 atom stereocenters. The van der Waals surface area contributed by atoms with Crippen molar-refractivity contribution in [3.63, 3.8) is 0 Å². The van der Waals surface area contributed by atoms with Gasteiger partial charge in [-0.2, -0.15) is 0 Å². The van der Waals surface area contributed by atoms with Crippen LogP contribution in [0.2, 0.25) is 0 Å². The van der Waals surface area contributed by atoms with Crippen LogP contribution in [0.15, 0.2) is 0 Å². The van der Waals surface area contributed by atoms with Gasteiger partial charge in [0.25, 0.3) is 0 Å². The highest BCUT2D eigenvalue weighted by molar-refractivity contribution is 4.91. The van der Waals surface area contributed by atoms with Gasteiger partial charge in [-0.25, -0.2) is 0 Å². The first-order valence-electron chi connectivity index (χ1n) is 7.19. The lowest BCUT2D eigenvalue weighted by Gasteiger charge is -2.41. The summed E-state index contributed by atoms with van der Waals surface area (Å²) < 4.78 is 5.45. The zero-order valence-electron chi connectivity index (χ0n) is 11.8. The smallest absolute Gasteiger partial charge is 0.0472 e. The summed E-state index contributed by atoms with van der Waals surface area (Å²) >= 11 is 0. The van der Waals surface area contributed by atoms with E-state index in [1.165, 1.54) is 19.3 Å². The van der Waals surface area contributed by atoms with Gasteiger partial charge in [0.1, 0.15) is 0 Å². The Kier molecular flexibility index (Phi) is 5.90. The molecule has 1 aliphatic heterocycles. The van der Waals surface area contributed by atoms with Crippen LogP contribution in [0.4, 0.5) is 0 Å². The van der Waals surface area contributed by atoms with E-state index in [1.54, 1.807) is 0 Å². The lowest BCUT2D eigenvalue weighted by atomic mass is 9.78. The molecule has 0 aliphatic carbocycles. The third-order valence-electron chi connectivity index (χ3n) is 4.86. The van der Waals surface area contributed by atoms with Gasteiger partial charge in [-0.3, -0.25) is 0 Å². The van der Waals surface area contributed by atoms with Gasteiger partial charge in [0, 0.05) is 25.3 Å². The Morgan fingerprint density at radius 1 is 1.12 bits per heavy atom. The molecule has 0 amide bonds. The maximum absolute atomic E-state index is 6.00. The molecule has 0 aromatic heterocycles. The Morgan fingerprint density at radius 2 is 1.65 bits per heavy atom. The van der Waals surface area contributed by atoms with Crippen LogP contribution in [0, 0.1) is 5.41 Å². The van der Waals surface area contributed by atoms with Crippen molar-refractivity contribution in [2.24, 2.45) is 11.1 Å². The van der Waals surface area contributed by atoms with E-state index < -0.39 is 0 Å². The second kappa shape index (κ2) is 6.72. The molecule has 0 unspecified atom stereocenters. The second-order valence-corrected chi connectivity index (χ2v) is 5.51. The van der Waals surface area contributed by atoms with Gasteiger partial charge in [-0.05, 0) is 44.1 Å². The third-order valence-corrected chi connectivity index (χ3v) is 4.86. The molecule has 3 N–H and O–H groups in total. The van der Waals surface area contributed by atoms with Gasteiger partial charge in [0.05, 0.1) is 0 Å². The zero-order valence-corrected chi connectivity index (χ0v) is 11.8. The van der Waals surface area contributed by atoms with Crippen LogP contribution in [0.5, 0.6) is 0 Å². The summed E-state index contributed by atoms with van der Waals surface area (Å²) in [6, 6.07) is 0. The number of nitrogens with two attached hydrogens (primary N) is 1. The van der Waals surface area contributed by atoms with E-state index in [4.69, 9.17) is 10.5 Å². The largest absolute Gasteiger partial charge is 0.381 e. The molecule has 0 radical (unpaired) electrons. The first-order chi connectivity index (χ1) is 8.16. The Morgan fingerprint density at radius 3 is 2.06 bits per heavy atom. The van der Waals surface area contributed by atoms with Crippen LogP contribution in [0.25, 0.3) is 0 Å². The summed E-state index contributed by atoms with van der Waals surface area (Å²) in [6.45, 7) is 10.4. The van der Waals surface area contributed by atoms with Gasteiger partial charge in [0.15, 0.2) is 0 Å². The van der Waals surface area contributed by atoms with E-state index in [1.807, 2.05) is 0 Å². The van der Waals surface area contributed by atoms with E-state index in [9.17, 15) is 0 Å². The number of ether oxygens (including phenoxy) is 1. The fourth-order valence-electron chi connectivity index (χ4n) is 2.76. The molecule has 3 nitrogen and oxygen atoms in total. The van der Waals surface area contributed by atoms with Gasteiger partial charge < -0.3 is 15.8 Å². The molecule has 1 saturated heterocycles. The minimum absolute atomic E-state index is 0.267. The number of rotatable bonds is 7. The summed E-state index contributed by atoms with van der Waals surface area (Å²) in [5, 5.41) is 3.81. The molecule has 0 aromatic rings. The van der Waals surface area contributed by atoms with Crippen molar-refractivity contribution in [1.29, 1.82) is 0 Å². The van der Waals surface area contributed by atoms with Crippen molar-refractivity contribution in [1.82, 2.24) is 5.32 Å². The van der Waals surface area contributed by atoms with E-state index in [0.717, 1.165) is 39.1 Å². The molecule has 3 heteroatoms. The van der Waals surface area contributed by atoms with Gasteiger partial charge in [-0.1, -0.05) is 20.8 Å². The quantitative estimate of drug-likeness (QED) is 0.720. The van der Waals surface area contributed by atoms with E-state index in [-0.39, 0.29) is 5.41 Å². The molecule has 0 bridgehead atoms. The number of hydrogen-bond acceptors (Lipinski definition) is 3. The van der Waals surface area contributed by atoms with E-state index in [0.29, 0.717) is 5.54 Å². The molecule has 1 fully saturated rings. The topological polar surface area (TPSA) is 47.3 Å². The molecular formula is C14H30N2O. The fraction of sp³-hybridized carbons (Fsp3) is 1.00. The first-order valence-corrected chi connectivity index (χ1v) is 7.19. The normalized spacial score (nSPS) is 20.5. The van der Waals surface area contributed by atoms with Crippen molar-refractivity contribution in [3.8, 4) is 0 Å². The highest BCUT2D eigenvalue weighted by Crippen LogP contribution is 2.30. The summed E-state index contributed by atoms with van der Waals surface area (Å²) in [5.41, 5.74) is 6.57. The first kappa shape index (κ1) is 14.9. The predicted molar refractivity (Wildman–Crippen MR) is 73.1 cm³/mol. The van der Waals surface area contributed by atoms with Crippen LogP contribution < -0.4 is 11.1 Å². The van der Waals surface area contributed by atoms with Crippen molar-refractivity contribution in [3.05, 3.63) is 0 Å². The van der Waals surface area contributed by atoms with Crippen molar-refractivity contribution >= 4 is 0 Å². The van der Waals surface area contributed by atoms with Crippen LogP contribution in [0.1, 0.15) is 52.9 Å². The van der Waals surface area contributed by atoms with Crippen molar-refractivity contribution < 1.29 is 4.74 Å². The molecule has 0 spiro atoms. The molecule has 1 heterocycles.